The summed E-state index contributed by atoms with van der Waals surface area (Å²) >= 11 is 0. The molecule has 0 atom stereocenters. The maximum atomic E-state index is 7.06. The molecule has 0 bridgehead atoms. The van der Waals surface area contributed by atoms with Crippen LogP contribution < -0.4 is 15.1 Å². The van der Waals surface area contributed by atoms with E-state index in [1.807, 2.05) is 30.3 Å². The first-order valence-electron chi connectivity index (χ1n) is 12.2. The van der Waals surface area contributed by atoms with E-state index in [0.717, 1.165) is 44.8 Å². The van der Waals surface area contributed by atoms with Crippen molar-refractivity contribution in [3.8, 4) is 5.75 Å². The molecule has 0 spiro atoms. The van der Waals surface area contributed by atoms with Gasteiger partial charge in [0.15, 0.2) is 0 Å². The molecule has 1 aliphatic heterocycles. The van der Waals surface area contributed by atoms with Gasteiger partial charge in [-0.25, -0.2) is 0 Å². The average molecular weight is 460 g/mol. The maximum absolute atomic E-state index is 7.06. The highest BCUT2D eigenvalue weighted by molar-refractivity contribution is 6.99. The number of hydrogen-bond acceptors (Lipinski definition) is 3. The molecule has 0 aliphatic carbocycles. The minimum absolute atomic E-state index is 0.0201. The summed E-state index contributed by atoms with van der Waals surface area (Å²) in [6.07, 6.45) is 2.43. The maximum Gasteiger partial charge on any atom is 0.261 e. The van der Waals surface area contributed by atoms with Gasteiger partial charge in [-0.05, 0) is 40.4 Å². The van der Waals surface area contributed by atoms with Crippen LogP contribution in [0.5, 0.6) is 5.75 Å². The van der Waals surface area contributed by atoms with Gasteiger partial charge in [0.25, 0.3) is 8.32 Å². The van der Waals surface area contributed by atoms with E-state index in [0.29, 0.717) is 6.10 Å². The molecule has 3 aromatic carbocycles. The molecular formula is C29H37NO2Si. The second-order valence-corrected chi connectivity index (χ2v) is 14.3. The van der Waals surface area contributed by atoms with Crippen LogP contribution in [0.15, 0.2) is 91.0 Å². The molecule has 1 fully saturated rings. The van der Waals surface area contributed by atoms with Crippen LogP contribution in [-0.2, 0) is 4.43 Å². The van der Waals surface area contributed by atoms with E-state index < -0.39 is 8.32 Å². The van der Waals surface area contributed by atoms with Crippen molar-refractivity contribution in [1.82, 2.24) is 4.90 Å². The quantitative estimate of drug-likeness (QED) is 0.437. The lowest BCUT2D eigenvalue weighted by Crippen LogP contribution is -2.67. The van der Waals surface area contributed by atoms with Gasteiger partial charge in [-0.2, -0.15) is 0 Å². The molecule has 0 radical (unpaired) electrons. The summed E-state index contributed by atoms with van der Waals surface area (Å²) in [5.41, 5.74) is 0. The summed E-state index contributed by atoms with van der Waals surface area (Å²) in [6, 6.07) is 32.0. The van der Waals surface area contributed by atoms with Crippen LogP contribution in [0.2, 0.25) is 5.04 Å². The van der Waals surface area contributed by atoms with Crippen LogP contribution in [0.3, 0.4) is 0 Å². The fraction of sp³-hybridized carbons (Fsp3) is 0.379. The number of nitrogens with zero attached hydrogens (tertiary/aromatic N) is 1. The molecule has 4 heteroatoms. The van der Waals surface area contributed by atoms with E-state index in [1.54, 1.807) is 0 Å². The summed E-state index contributed by atoms with van der Waals surface area (Å²) in [5, 5.41) is 2.71. The van der Waals surface area contributed by atoms with E-state index in [-0.39, 0.29) is 5.04 Å². The largest absolute Gasteiger partial charge is 0.490 e. The van der Waals surface area contributed by atoms with E-state index in [9.17, 15) is 0 Å². The number of rotatable bonds is 8. The number of para-hydroxylation sites is 1. The smallest absolute Gasteiger partial charge is 0.261 e. The van der Waals surface area contributed by atoms with Gasteiger partial charge in [-0.3, -0.25) is 0 Å². The van der Waals surface area contributed by atoms with E-state index >= 15 is 0 Å². The molecule has 4 rings (SSSR count). The SMILES string of the molecule is CC(C)(C)[Si](OCCN1CCC(Oc2ccccc2)CC1)(c1ccccc1)c1ccccc1. The number of piperidine rings is 1. The third kappa shape index (κ3) is 5.57. The Labute approximate surface area is 200 Å². The average Bonchev–Trinajstić information content (AvgIpc) is 2.84. The lowest BCUT2D eigenvalue weighted by atomic mass is 10.1. The highest BCUT2D eigenvalue weighted by Crippen LogP contribution is 2.36. The first kappa shape index (κ1) is 23.7. The summed E-state index contributed by atoms with van der Waals surface area (Å²) < 4.78 is 13.2. The topological polar surface area (TPSA) is 21.7 Å². The monoisotopic (exact) mass is 459 g/mol. The normalized spacial score (nSPS) is 16.0. The molecule has 0 N–H and O–H groups in total. The van der Waals surface area contributed by atoms with Crippen molar-refractivity contribution in [3.05, 3.63) is 91.0 Å². The van der Waals surface area contributed by atoms with Crippen molar-refractivity contribution >= 4 is 18.7 Å². The van der Waals surface area contributed by atoms with Gasteiger partial charge in [-0.1, -0.05) is 99.6 Å². The van der Waals surface area contributed by atoms with Crippen molar-refractivity contribution in [2.45, 2.75) is 44.8 Å². The molecule has 1 aliphatic rings. The molecule has 3 nitrogen and oxygen atoms in total. The number of ether oxygens (including phenoxy) is 1. The van der Waals surface area contributed by atoms with Gasteiger partial charge >= 0.3 is 0 Å². The lowest BCUT2D eigenvalue weighted by molar-refractivity contribution is 0.0905. The molecule has 1 saturated heterocycles. The Morgan fingerprint density at radius 1 is 0.758 bits per heavy atom. The predicted molar refractivity (Wildman–Crippen MR) is 140 cm³/mol. The fourth-order valence-corrected chi connectivity index (χ4v) is 9.58. The molecule has 33 heavy (non-hydrogen) atoms. The summed E-state index contributed by atoms with van der Waals surface area (Å²) in [5.74, 6) is 0.978. The number of hydrogen-bond donors (Lipinski definition) is 0. The molecule has 3 aromatic rings. The van der Waals surface area contributed by atoms with Crippen LogP contribution in [0, 0.1) is 0 Å². The lowest BCUT2D eigenvalue weighted by Gasteiger charge is -2.43. The first-order chi connectivity index (χ1) is 16.0. The molecule has 0 aromatic heterocycles. The Morgan fingerprint density at radius 2 is 1.24 bits per heavy atom. The minimum Gasteiger partial charge on any atom is -0.490 e. The molecule has 0 amide bonds. The molecular weight excluding hydrogens is 422 g/mol. The van der Waals surface area contributed by atoms with Crippen molar-refractivity contribution in [1.29, 1.82) is 0 Å². The number of benzene rings is 3. The Kier molecular flexibility index (Phi) is 7.69. The zero-order chi connectivity index (χ0) is 23.2. The van der Waals surface area contributed by atoms with Gasteiger partial charge in [0.05, 0.1) is 0 Å². The van der Waals surface area contributed by atoms with Crippen molar-refractivity contribution in [2.24, 2.45) is 0 Å². The third-order valence-corrected chi connectivity index (χ3v) is 11.8. The second kappa shape index (κ2) is 10.7. The van der Waals surface area contributed by atoms with E-state index in [2.05, 4.69) is 86.3 Å². The van der Waals surface area contributed by atoms with Gasteiger partial charge in [0.2, 0.25) is 0 Å². The summed E-state index contributed by atoms with van der Waals surface area (Å²) in [4.78, 5) is 2.53. The summed E-state index contributed by atoms with van der Waals surface area (Å²) in [7, 11) is -2.45. The molecule has 0 saturated carbocycles. The zero-order valence-electron chi connectivity index (χ0n) is 20.2. The standard InChI is InChI=1S/C29H37NO2Si/c1-29(2,3)33(27-15-9-5-10-16-27,28-17-11-6-12-18-28)31-24-23-30-21-19-26(20-22-30)32-25-13-7-4-8-14-25/h4-18,26H,19-24H2,1-3H3. The minimum atomic E-state index is -2.45. The molecule has 174 valence electrons. The summed E-state index contributed by atoms with van der Waals surface area (Å²) in [6.45, 7) is 10.8. The van der Waals surface area contributed by atoms with Gasteiger partial charge in [-0.15, -0.1) is 0 Å². The molecule has 1 heterocycles. The van der Waals surface area contributed by atoms with Gasteiger partial charge < -0.3 is 14.1 Å². The van der Waals surface area contributed by atoms with Crippen molar-refractivity contribution < 1.29 is 9.16 Å². The predicted octanol–water partition coefficient (Wildman–Crippen LogP) is 5.11. The Morgan fingerprint density at radius 3 is 1.73 bits per heavy atom. The highest BCUT2D eigenvalue weighted by Gasteiger charge is 2.50. The van der Waals surface area contributed by atoms with Crippen LogP contribution in [0.4, 0.5) is 0 Å². The first-order valence-corrected chi connectivity index (χ1v) is 14.1. The van der Waals surface area contributed by atoms with E-state index in [1.165, 1.54) is 10.4 Å². The highest BCUT2D eigenvalue weighted by atomic mass is 28.4. The fourth-order valence-electron chi connectivity index (χ4n) is 5.03. The second-order valence-electron chi connectivity index (χ2n) is 9.98. The van der Waals surface area contributed by atoms with Crippen LogP contribution >= 0.6 is 0 Å². The molecule has 0 unspecified atom stereocenters. The van der Waals surface area contributed by atoms with Crippen LogP contribution in [0.1, 0.15) is 33.6 Å². The van der Waals surface area contributed by atoms with Crippen LogP contribution in [-0.4, -0.2) is 45.6 Å². The third-order valence-electron chi connectivity index (χ3n) is 6.72. The van der Waals surface area contributed by atoms with Gasteiger partial charge in [0.1, 0.15) is 11.9 Å². The Bertz CT molecular complexity index is 925. The van der Waals surface area contributed by atoms with Crippen LogP contribution in [0.25, 0.3) is 0 Å². The Balaban J connectivity index is 1.42. The van der Waals surface area contributed by atoms with Gasteiger partial charge in [0, 0.05) is 26.2 Å². The van der Waals surface area contributed by atoms with Crippen molar-refractivity contribution in [2.75, 3.05) is 26.2 Å². The zero-order valence-corrected chi connectivity index (χ0v) is 21.2. The number of likely N-dealkylation sites (tertiary alicyclic amines) is 1. The van der Waals surface area contributed by atoms with Crippen molar-refractivity contribution in [3.63, 3.8) is 0 Å². The Hall–Kier alpha value is -2.40. The van der Waals surface area contributed by atoms with E-state index in [4.69, 9.17) is 9.16 Å².